The highest BCUT2D eigenvalue weighted by Gasteiger charge is 2.33. The molecule has 9 nitrogen and oxygen atoms in total. The fourth-order valence-corrected chi connectivity index (χ4v) is 3.65. The van der Waals surface area contributed by atoms with Gasteiger partial charge in [-0.15, -0.1) is 0 Å². The molecule has 1 saturated heterocycles. The first-order chi connectivity index (χ1) is 14.6. The molecule has 1 aromatic carbocycles. The van der Waals surface area contributed by atoms with Crippen molar-refractivity contribution in [3.8, 4) is 0 Å². The van der Waals surface area contributed by atoms with E-state index in [9.17, 15) is 9.59 Å². The second kappa shape index (κ2) is 8.89. The van der Waals surface area contributed by atoms with Crippen molar-refractivity contribution in [1.29, 1.82) is 0 Å². The highest BCUT2D eigenvalue weighted by Crippen LogP contribution is 2.18. The lowest BCUT2D eigenvalue weighted by atomic mass is 10.1. The van der Waals surface area contributed by atoms with E-state index in [-0.39, 0.29) is 24.2 Å². The largest absolute Gasteiger partial charge is 0.368 e. The van der Waals surface area contributed by atoms with Gasteiger partial charge < -0.3 is 15.5 Å². The highest BCUT2D eigenvalue weighted by atomic mass is 16.2. The molecule has 2 aromatic heterocycles. The number of carbonyl (C=O) groups is 2. The van der Waals surface area contributed by atoms with Gasteiger partial charge in [-0.25, -0.2) is 4.98 Å². The Kier molecular flexibility index (Phi) is 5.87. The number of benzene rings is 1. The van der Waals surface area contributed by atoms with Crippen LogP contribution < -0.4 is 10.6 Å². The van der Waals surface area contributed by atoms with E-state index >= 15 is 0 Å². The van der Waals surface area contributed by atoms with Crippen molar-refractivity contribution in [2.24, 2.45) is 5.92 Å². The number of aromatic nitrogens is 4. The summed E-state index contributed by atoms with van der Waals surface area (Å²) in [6, 6.07) is 11.9. The van der Waals surface area contributed by atoms with Crippen molar-refractivity contribution in [3.63, 3.8) is 0 Å². The Balaban J connectivity index is 1.22. The normalized spacial score (nSPS) is 16.2. The highest BCUT2D eigenvalue weighted by molar-refractivity contribution is 5.89. The minimum Gasteiger partial charge on any atom is -0.368 e. The third kappa shape index (κ3) is 4.56. The van der Waals surface area contributed by atoms with E-state index in [1.807, 2.05) is 31.2 Å². The average molecular weight is 407 g/mol. The van der Waals surface area contributed by atoms with Gasteiger partial charge in [-0.1, -0.05) is 30.3 Å². The minimum absolute atomic E-state index is 0.0463. The van der Waals surface area contributed by atoms with Crippen LogP contribution in [-0.2, 0) is 16.0 Å². The molecule has 1 fully saturated rings. The van der Waals surface area contributed by atoms with Gasteiger partial charge in [-0.05, 0) is 18.9 Å². The van der Waals surface area contributed by atoms with E-state index in [2.05, 4.69) is 37.8 Å². The first kappa shape index (κ1) is 19.8. The zero-order valence-electron chi connectivity index (χ0n) is 16.9. The molecule has 0 spiro atoms. The Bertz CT molecular complexity index is 1030. The number of hydrogen-bond acceptors (Lipinski definition) is 6. The van der Waals surface area contributed by atoms with E-state index in [4.69, 9.17) is 0 Å². The van der Waals surface area contributed by atoms with Gasteiger partial charge in [-0.2, -0.15) is 14.6 Å². The zero-order chi connectivity index (χ0) is 20.9. The molecule has 9 heteroatoms. The second-order valence-corrected chi connectivity index (χ2v) is 7.45. The Morgan fingerprint density at radius 3 is 2.90 bits per heavy atom. The summed E-state index contributed by atoms with van der Waals surface area (Å²) >= 11 is 0. The molecule has 2 N–H and O–H groups in total. The summed E-state index contributed by atoms with van der Waals surface area (Å²) in [6.45, 7) is 3.99. The number of aryl methyl sites for hydroxylation is 1. The van der Waals surface area contributed by atoms with Crippen LogP contribution in [0.25, 0.3) is 5.78 Å². The number of carbonyl (C=O) groups excluding carboxylic acids is 2. The number of likely N-dealkylation sites (tertiary alicyclic amines) is 1. The molecule has 1 aliphatic heterocycles. The Morgan fingerprint density at radius 1 is 1.23 bits per heavy atom. The molecule has 0 aliphatic carbocycles. The van der Waals surface area contributed by atoms with Gasteiger partial charge >= 0.3 is 0 Å². The van der Waals surface area contributed by atoms with Gasteiger partial charge in [0, 0.05) is 44.4 Å². The number of nitrogens with zero attached hydrogens (tertiary/aromatic N) is 5. The smallest absolute Gasteiger partial charge is 0.254 e. The van der Waals surface area contributed by atoms with Crippen LogP contribution in [0.3, 0.4) is 0 Å². The predicted octanol–water partition coefficient (Wildman–Crippen LogP) is 1.05. The fourth-order valence-electron chi connectivity index (χ4n) is 3.65. The molecule has 3 aromatic rings. The summed E-state index contributed by atoms with van der Waals surface area (Å²) in [5.41, 5.74) is 2.03. The molecule has 0 bridgehead atoms. The zero-order valence-corrected chi connectivity index (χ0v) is 16.9. The van der Waals surface area contributed by atoms with Crippen LogP contribution in [0.5, 0.6) is 0 Å². The first-order valence-electron chi connectivity index (χ1n) is 10.1. The standard InChI is InChI=1S/C21H25N7O2/c1-15-11-18(28-21(26-15)24-14-25-28)22-8-9-23-20(30)17-12-19(29)27(13-17)10-7-16-5-3-2-4-6-16/h2-6,11,14,17,22H,7-10,12-13H2,1H3,(H,23,30). The van der Waals surface area contributed by atoms with Gasteiger partial charge in [0.2, 0.25) is 11.8 Å². The summed E-state index contributed by atoms with van der Waals surface area (Å²) in [6.07, 6.45) is 2.53. The lowest BCUT2D eigenvalue weighted by Gasteiger charge is -2.16. The SMILES string of the molecule is Cc1cc(NCCNC(=O)C2CC(=O)N(CCc3ccccc3)C2)n2ncnc2n1. The third-order valence-corrected chi connectivity index (χ3v) is 5.21. The van der Waals surface area contributed by atoms with Crippen molar-refractivity contribution in [3.05, 3.63) is 54.0 Å². The van der Waals surface area contributed by atoms with Crippen LogP contribution in [0.4, 0.5) is 5.82 Å². The van der Waals surface area contributed by atoms with Gasteiger partial charge in [-0.3, -0.25) is 9.59 Å². The summed E-state index contributed by atoms with van der Waals surface area (Å²) in [4.78, 5) is 34.9. The van der Waals surface area contributed by atoms with Gasteiger partial charge in [0.05, 0.1) is 5.92 Å². The molecule has 30 heavy (non-hydrogen) atoms. The maximum absolute atomic E-state index is 12.5. The molecular formula is C21H25N7O2. The number of amides is 2. The molecule has 0 radical (unpaired) electrons. The van der Waals surface area contributed by atoms with Crippen LogP contribution in [0.2, 0.25) is 0 Å². The monoisotopic (exact) mass is 407 g/mol. The van der Waals surface area contributed by atoms with Crippen molar-refractivity contribution < 1.29 is 9.59 Å². The van der Waals surface area contributed by atoms with Crippen LogP contribution in [0, 0.1) is 12.8 Å². The molecule has 3 heterocycles. The average Bonchev–Trinajstić information content (AvgIpc) is 3.36. The van der Waals surface area contributed by atoms with Gasteiger partial charge in [0.15, 0.2) is 0 Å². The lowest BCUT2D eigenvalue weighted by Crippen LogP contribution is -2.36. The molecule has 1 aliphatic rings. The molecule has 4 rings (SSSR count). The Labute approximate surface area is 174 Å². The topological polar surface area (TPSA) is 105 Å². The summed E-state index contributed by atoms with van der Waals surface area (Å²) in [5, 5.41) is 10.3. The predicted molar refractivity (Wildman–Crippen MR) is 112 cm³/mol. The van der Waals surface area contributed by atoms with Crippen molar-refractivity contribution in [2.75, 3.05) is 31.5 Å². The number of hydrogen-bond donors (Lipinski definition) is 2. The molecular weight excluding hydrogens is 382 g/mol. The molecule has 0 saturated carbocycles. The van der Waals surface area contributed by atoms with Gasteiger partial charge in [0.1, 0.15) is 12.1 Å². The summed E-state index contributed by atoms with van der Waals surface area (Å²) in [7, 11) is 0. The van der Waals surface area contributed by atoms with Crippen LogP contribution in [0.1, 0.15) is 17.7 Å². The first-order valence-corrected chi connectivity index (χ1v) is 10.1. The van der Waals surface area contributed by atoms with Crippen LogP contribution >= 0.6 is 0 Å². The number of rotatable bonds is 8. The number of anilines is 1. The van der Waals surface area contributed by atoms with E-state index in [0.717, 1.165) is 17.9 Å². The minimum atomic E-state index is -0.293. The number of nitrogens with one attached hydrogen (secondary N) is 2. The fraction of sp³-hybridized carbons (Fsp3) is 0.381. The molecule has 1 unspecified atom stereocenters. The van der Waals surface area contributed by atoms with E-state index in [1.54, 1.807) is 9.42 Å². The van der Waals surface area contributed by atoms with Crippen molar-refractivity contribution >= 4 is 23.4 Å². The second-order valence-electron chi connectivity index (χ2n) is 7.45. The lowest BCUT2D eigenvalue weighted by molar-refractivity contribution is -0.129. The van der Waals surface area contributed by atoms with Gasteiger partial charge in [0.25, 0.3) is 5.78 Å². The van der Waals surface area contributed by atoms with Crippen molar-refractivity contribution in [1.82, 2.24) is 29.8 Å². The van der Waals surface area contributed by atoms with E-state index in [1.165, 1.54) is 11.9 Å². The van der Waals surface area contributed by atoms with E-state index < -0.39 is 0 Å². The number of fused-ring (bicyclic) bond motifs is 1. The molecule has 1 atom stereocenters. The Morgan fingerprint density at radius 2 is 2.07 bits per heavy atom. The molecule has 2 amide bonds. The Hall–Kier alpha value is -3.49. The van der Waals surface area contributed by atoms with Crippen LogP contribution in [0.15, 0.2) is 42.7 Å². The molecule has 156 valence electrons. The maximum Gasteiger partial charge on any atom is 0.254 e. The summed E-state index contributed by atoms with van der Waals surface area (Å²) < 4.78 is 1.62. The maximum atomic E-state index is 12.5. The summed E-state index contributed by atoms with van der Waals surface area (Å²) in [5.74, 6) is 0.974. The third-order valence-electron chi connectivity index (χ3n) is 5.21. The van der Waals surface area contributed by atoms with E-state index in [0.29, 0.717) is 32.0 Å². The van der Waals surface area contributed by atoms with Crippen molar-refractivity contribution in [2.45, 2.75) is 19.8 Å². The quantitative estimate of drug-likeness (QED) is 0.541. The van der Waals surface area contributed by atoms with Crippen LogP contribution in [-0.4, -0.2) is 62.5 Å².